The van der Waals surface area contributed by atoms with E-state index in [9.17, 15) is 14.9 Å². The maximum Gasteiger partial charge on any atom is 0.282 e. The van der Waals surface area contributed by atoms with Gasteiger partial charge in [0, 0.05) is 23.4 Å². The van der Waals surface area contributed by atoms with Crippen LogP contribution in [-0.2, 0) is 0 Å². The summed E-state index contributed by atoms with van der Waals surface area (Å²) in [5, 5.41) is 11.3. The highest BCUT2D eigenvalue weighted by Gasteiger charge is 2.15. The van der Waals surface area contributed by atoms with E-state index in [-0.39, 0.29) is 11.5 Å². The van der Waals surface area contributed by atoms with Crippen molar-refractivity contribution in [1.82, 2.24) is 0 Å². The molecule has 1 aromatic carbocycles. The highest BCUT2D eigenvalue weighted by molar-refractivity contribution is 9.09. The number of hydrogen-bond acceptors (Lipinski definition) is 4. The Hall–Kier alpha value is -0.880. The van der Waals surface area contributed by atoms with E-state index in [1.54, 1.807) is 12.3 Å². The van der Waals surface area contributed by atoms with Crippen molar-refractivity contribution in [3.63, 3.8) is 0 Å². The van der Waals surface area contributed by atoms with Gasteiger partial charge in [-0.3, -0.25) is 14.9 Å². The largest absolute Gasteiger partial charge is 0.294 e. The number of ketones is 1. The van der Waals surface area contributed by atoms with Crippen molar-refractivity contribution in [3.8, 4) is 0 Å². The van der Waals surface area contributed by atoms with E-state index in [0.717, 1.165) is 0 Å². The molecule has 0 aliphatic carbocycles. The summed E-state index contributed by atoms with van der Waals surface area (Å²) >= 11 is 4.45. The monoisotopic (exact) mass is 303 g/mol. The number of nitrogens with zero attached hydrogens (tertiary/aromatic N) is 1. The first-order valence-corrected chi connectivity index (χ1v) is 6.86. The molecule has 6 heteroatoms. The lowest BCUT2D eigenvalue weighted by Crippen LogP contribution is -2.01. The van der Waals surface area contributed by atoms with E-state index < -0.39 is 4.92 Å². The van der Waals surface area contributed by atoms with Gasteiger partial charge in [0.25, 0.3) is 5.69 Å². The maximum atomic E-state index is 11.6. The quantitative estimate of drug-likeness (QED) is 0.275. The highest BCUT2D eigenvalue weighted by atomic mass is 79.9. The van der Waals surface area contributed by atoms with Crippen LogP contribution in [0.3, 0.4) is 0 Å². The third-order valence-electron chi connectivity index (χ3n) is 2.02. The lowest BCUT2D eigenvalue weighted by molar-refractivity contribution is -0.387. The molecule has 4 nitrogen and oxygen atoms in total. The summed E-state index contributed by atoms with van der Waals surface area (Å²) in [6.45, 7) is 0. The van der Waals surface area contributed by atoms with Gasteiger partial charge in [-0.2, -0.15) is 0 Å². The van der Waals surface area contributed by atoms with E-state index in [4.69, 9.17) is 0 Å². The molecule has 0 saturated carbocycles. The molecule has 0 fully saturated rings. The third-order valence-corrected chi connectivity index (χ3v) is 3.18. The Kier molecular flexibility index (Phi) is 4.95. The molecular formula is C10H10BrNO3S. The molecule has 86 valence electrons. The second kappa shape index (κ2) is 6.00. The first-order chi connectivity index (χ1) is 7.60. The molecule has 0 saturated heterocycles. The molecule has 0 atom stereocenters. The summed E-state index contributed by atoms with van der Waals surface area (Å²) in [6, 6.07) is 4.46. The molecule has 0 spiro atoms. The van der Waals surface area contributed by atoms with Gasteiger partial charge in [0.15, 0.2) is 5.78 Å². The van der Waals surface area contributed by atoms with E-state index in [2.05, 4.69) is 15.9 Å². The van der Waals surface area contributed by atoms with E-state index >= 15 is 0 Å². The van der Waals surface area contributed by atoms with Crippen LogP contribution in [-0.4, -0.2) is 22.3 Å². The lowest BCUT2D eigenvalue weighted by atomic mass is 10.1. The molecule has 0 N–H and O–H groups in total. The van der Waals surface area contributed by atoms with Crippen LogP contribution in [0.25, 0.3) is 0 Å². The fraction of sp³-hybridized carbons (Fsp3) is 0.300. The van der Waals surface area contributed by atoms with Crippen molar-refractivity contribution >= 4 is 39.2 Å². The van der Waals surface area contributed by atoms with Gasteiger partial charge < -0.3 is 0 Å². The van der Waals surface area contributed by atoms with E-state index in [0.29, 0.717) is 22.2 Å². The van der Waals surface area contributed by atoms with Gasteiger partial charge in [-0.15, -0.1) is 11.8 Å². The van der Waals surface area contributed by atoms with Crippen molar-refractivity contribution in [2.24, 2.45) is 0 Å². The normalized spacial score (nSPS) is 10.1. The molecule has 0 aromatic heterocycles. The highest BCUT2D eigenvalue weighted by Crippen LogP contribution is 2.28. The number of alkyl halides is 1. The van der Waals surface area contributed by atoms with Crippen molar-refractivity contribution in [1.29, 1.82) is 0 Å². The number of thioether (sulfide) groups is 1. The van der Waals surface area contributed by atoms with Crippen molar-refractivity contribution in [3.05, 3.63) is 33.9 Å². The number of carbonyl (C=O) groups excluding carboxylic acids is 1. The van der Waals surface area contributed by atoms with Crippen molar-refractivity contribution < 1.29 is 9.72 Å². The van der Waals surface area contributed by atoms with Gasteiger partial charge in [-0.25, -0.2) is 0 Å². The molecule has 16 heavy (non-hydrogen) atoms. The number of benzene rings is 1. The third kappa shape index (κ3) is 3.05. The van der Waals surface area contributed by atoms with Gasteiger partial charge in [0.1, 0.15) is 0 Å². The van der Waals surface area contributed by atoms with Gasteiger partial charge in [0.05, 0.1) is 9.82 Å². The Morgan fingerprint density at radius 2 is 2.25 bits per heavy atom. The van der Waals surface area contributed by atoms with Crippen LogP contribution in [0.5, 0.6) is 0 Å². The molecule has 0 aliphatic heterocycles. The Morgan fingerprint density at radius 1 is 1.56 bits per heavy atom. The fourth-order valence-electron chi connectivity index (χ4n) is 1.23. The van der Waals surface area contributed by atoms with E-state index in [1.807, 2.05) is 0 Å². The molecule has 1 aromatic rings. The number of rotatable bonds is 5. The van der Waals surface area contributed by atoms with Crippen LogP contribution < -0.4 is 0 Å². The summed E-state index contributed by atoms with van der Waals surface area (Å²) in [5.74, 6) is -0.0120. The summed E-state index contributed by atoms with van der Waals surface area (Å²) in [6.07, 6.45) is 2.15. The summed E-state index contributed by atoms with van der Waals surface area (Å²) in [5.41, 5.74) is 0.567. The maximum absolute atomic E-state index is 11.6. The number of nitro benzene ring substituents is 1. The van der Waals surface area contributed by atoms with Crippen LogP contribution in [0.2, 0.25) is 0 Å². The molecule has 0 radical (unpaired) electrons. The molecule has 0 unspecified atom stereocenters. The number of nitro groups is 1. The SMILES string of the molecule is CSc1cc(C(=O)CCBr)ccc1[N+](=O)[O-]. The number of hydrogen-bond donors (Lipinski definition) is 0. The minimum atomic E-state index is -0.440. The Balaban J connectivity index is 3.08. The predicted molar refractivity (Wildman–Crippen MR) is 67.6 cm³/mol. The van der Waals surface area contributed by atoms with Crippen LogP contribution in [0.4, 0.5) is 5.69 Å². The second-order valence-corrected chi connectivity index (χ2v) is 4.65. The Morgan fingerprint density at radius 3 is 2.75 bits per heavy atom. The second-order valence-electron chi connectivity index (χ2n) is 3.01. The van der Waals surface area contributed by atoms with Gasteiger partial charge in [-0.05, 0) is 18.4 Å². The molecule has 0 bridgehead atoms. The number of carbonyl (C=O) groups is 1. The van der Waals surface area contributed by atoms with Crippen molar-refractivity contribution in [2.45, 2.75) is 11.3 Å². The summed E-state index contributed by atoms with van der Waals surface area (Å²) in [7, 11) is 0. The van der Waals surface area contributed by atoms with E-state index in [1.165, 1.54) is 23.9 Å². The minimum Gasteiger partial charge on any atom is -0.294 e. The summed E-state index contributed by atoms with van der Waals surface area (Å²) in [4.78, 5) is 22.4. The average molecular weight is 304 g/mol. The van der Waals surface area contributed by atoms with Crippen LogP contribution in [0.15, 0.2) is 23.1 Å². The molecule has 0 heterocycles. The minimum absolute atomic E-state index is 0.0120. The average Bonchev–Trinajstić information content (AvgIpc) is 2.28. The zero-order chi connectivity index (χ0) is 12.1. The zero-order valence-electron chi connectivity index (χ0n) is 8.60. The van der Waals surface area contributed by atoms with Gasteiger partial charge in [-0.1, -0.05) is 15.9 Å². The van der Waals surface area contributed by atoms with Gasteiger partial charge in [0.2, 0.25) is 0 Å². The first kappa shape index (κ1) is 13.2. The number of halogens is 1. The Labute approximate surface area is 106 Å². The zero-order valence-corrected chi connectivity index (χ0v) is 11.0. The van der Waals surface area contributed by atoms with Gasteiger partial charge >= 0.3 is 0 Å². The fourth-order valence-corrected chi connectivity index (χ4v) is 2.19. The van der Waals surface area contributed by atoms with Crippen LogP contribution >= 0.6 is 27.7 Å². The van der Waals surface area contributed by atoms with Crippen molar-refractivity contribution in [2.75, 3.05) is 11.6 Å². The number of Topliss-reactive ketones (excluding diaryl/α,β-unsaturated/α-hetero) is 1. The summed E-state index contributed by atoms with van der Waals surface area (Å²) < 4.78 is 0. The Bertz CT molecular complexity index is 423. The smallest absolute Gasteiger partial charge is 0.282 e. The molecular weight excluding hydrogens is 294 g/mol. The molecule has 1 rings (SSSR count). The van der Waals surface area contributed by atoms with Crippen LogP contribution in [0.1, 0.15) is 16.8 Å². The van der Waals surface area contributed by atoms with Crippen LogP contribution in [0, 0.1) is 10.1 Å². The first-order valence-electron chi connectivity index (χ1n) is 4.51. The molecule has 0 aliphatic rings. The molecule has 0 amide bonds. The lowest BCUT2D eigenvalue weighted by Gasteiger charge is -2.02. The predicted octanol–water partition coefficient (Wildman–Crippen LogP) is 3.28. The standard InChI is InChI=1S/C10H10BrNO3S/c1-16-10-6-7(9(13)4-5-11)2-3-8(10)12(14)15/h2-3,6H,4-5H2,1H3. The topological polar surface area (TPSA) is 60.2 Å².